The SMILES string of the molecule is [C-]#[N+]C(C#N)=C1C=C(/C=C/c2ccc(N(CC)CC)cc2)OC(c2ccccc2)C1. The van der Waals surface area contributed by atoms with Crippen molar-refractivity contribution in [2.45, 2.75) is 26.4 Å². The van der Waals surface area contributed by atoms with E-state index in [1.165, 1.54) is 5.69 Å². The maximum atomic E-state index is 9.33. The Bertz CT molecular complexity index is 1010. The number of nitrogens with zero attached hydrogens (tertiary/aromatic N) is 3. The Kier molecular flexibility index (Phi) is 7.09. The van der Waals surface area contributed by atoms with E-state index < -0.39 is 0 Å². The van der Waals surface area contributed by atoms with E-state index in [0.29, 0.717) is 17.8 Å². The van der Waals surface area contributed by atoms with Crippen molar-refractivity contribution in [2.75, 3.05) is 18.0 Å². The second-order valence-corrected chi connectivity index (χ2v) is 6.96. The summed E-state index contributed by atoms with van der Waals surface area (Å²) in [6.45, 7) is 13.6. The summed E-state index contributed by atoms with van der Waals surface area (Å²) in [6, 6.07) is 20.3. The van der Waals surface area contributed by atoms with Gasteiger partial charge in [-0.05, 0) is 54.8 Å². The molecular formula is C26H25N3O. The summed E-state index contributed by atoms with van der Waals surface area (Å²) in [6.07, 6.45) is 5.98. The Balaban J connectivity index is 1.86. The Morgan fingerprint density at radius 2 is 1.83 bits per heavy atom. The van der Waals surface area contributed by atoms with Crippen LogP contribution in [0.15, 0.2) is 83.8 Å². The van der Waals surface area contributed by atoms with Crippen molar-refractivity contribution < 1.29 is 4.74 Å². The number of nitriles is 1. The van der Waals surface area contributed by atoms with Crippen LogP contribution >= 0.6 is 0 Å². The first-order chi connectivity index (χ1) is 14.7. The highest BCUT2D eigenvalue weighted by Gasteiger charge is 2.22. The normalized spacial score (nSPS) is 17.5. The first-order valence-corrected chi connectivity index (χ1v) is 10.2. The number of hydrogen-bond acceptors (Lipinski definition) is 3. The van der Waals surface area contributed by atoms with E-state index in [9.17, 15) is 5.26 Å². The van der Waals surface area contributed by atoms with Gasteiger partial charge in [-0.15, -0.1) is 0 Å². The van der Waals surface area contributed by atoms with Crippen molar-refractivity contribution in [3.63, 3.8) is 0 Å². The molecule has 150 valence electrons. The molecule has 4 nitrogen and oxygen atoms in total. The van der Waals surface area contributed by atoms with Gasteiger partial charge in [0.05, 0.1) is 12.6 Å². The third kappa shape index (κ3) is 4.99. The van der Waals surface area contributed by atoms with Gasteiger partial charge in [-0.1, -0.05) is 48.5 Å². The smallest absolute Gasteiger partial charge is 0.265 e. The Labute approximate surface area is 178 Å². The van der Waals surface area contributed by atoms with Crippen LogP contribution in [0.4, 0.5) is 5.69 Å². The van der Waals surface area contributed by atoms with E-state index in [-0.39, 0.29) is 11.8 Å². The van der Waals surface area contributed by atoms with Crippen LogP contribution in [-0.4, -0.2) is 13.1 Å². The van der Waals surface area contributed by atoms with Crippen molar-refractivity contribution in [2.24, 2.45) is 0 Å². The highest BCUT2D eigenvalue weighted by Crippen LogP contribution is 2.35. The van der Waals surface area contributed by atoms with E-state index in [0.717, 1.165) is 24.2 Å². The zero-order valence-electron chi connectivity index (χ0n) is 17.4. The average molecular weight is 396 g/mol. The Hall–Kier alpha value is -3.76. The minimum Gasteiger partial charge on any atom is -0.485 e. The molecule has 4 heteroatoms. The summed E-state index contributed by atoms with van der Waals surface area (Å²) in [7, 11) is 0. The zero-order chi connectivity index (χ0) is 21.3. The topological polar surface area (TPSA) is 40.6 Å². The third-order valence-electron chi connectivity index (χ3n) is 5.16. The summed E-state index contributed by atoms with van der Waals surface area (Å²) >= 11 is 0. The minimum atomic E-state index is -0.221. The summed E-state index contributed by atoms with van der Waals surface area (Å²) in [4.78, 5) is 5.69. The lowest BCUT2D eigenvalue weighted by Gasteiger charge is -2.25. The summed E-state index contributed by atoms with van der Waals surface area (Å²) in [5.74, 6) is 0.648. The van der Waals surface area contributed by atoms with Gasteiger partial charge in [-0.2, -0.15) is 0 Å². The van der Waals surface area contributed by atoms with Crippen molar-refractivity contribution in [3.05, 3.63) is 106 Å². The van der Waals surface area contributed by atoms with E-state index in [1.807, 2.05) is 48.6 Å². The van der Waals surface area contributed by atoms with E-state index in [1.54, 1.807) is 6.08 Å². The first kappa shape index (κ1) is 21.0. The number of rotatable bonds is 6. The molecule has 0 saturated carbocycles. The summed E-state index contributed by atoms with van der Waals surface area (Å²) in [5, 5.41) is 9.33. The molecule has 0 spiro atoms. The number of benzene rings is 2. The molecule has 0 radical (unpaired) electrons. The standard InChI is InChI=1S/C26H25N3O/c1-4-29(5-2)23-14-11-20(12-15-23)13-16-24-17-22(25(19-27)28-3)18-26(30-24)21-9-7-6-8-10-21/h6-17,26H,4-5,18H2,1-2H3/b16-13+,25-22?. The monoisotopic (exact) mass is 395 g/mol. The molecule has 0 N–H and O–H groups in total. The fourth-order valence-electron chi connectivity index (χ4n) is 3.51. The second kappa shape index (κ2) is 10.1. The van der Waals surface area contributed by atoms with Gasteiger partial charge in [0.1, 0.15) is 11.9 Å². The van der Waals surface area contributed by atoms with Gasteiger partial charge >= 0.3 is 0 Å². The Morgan fingerprint density at radius 3 is 2.43 bits per heavy atom. The summed E-state index contributed by atoms with van der Waals surface area (Å²) in [5.41, 5.74) is 4.13. The van der Waals surface area contributed by atoms with Gasteiger partial charge in [-0.25, -0.2) is 10.1 Å². The third-order valence-corrected chi connectivity index (χ3v) is 5.16. The number of allylic oxidation sites excluding steroid dienone is 3. The highest BCUT2D eigenvalue weighted by atomic mass is 16.5. The van der Waals surface area contributed by atoms with E-state index in [2.05, 4.69) is 47.9 Å². The molecule has 0 aromatic heterocycles. The average Bonchev–Trinajstić information content (AvgIpc) is 2.80. The van der Waals surface area contributed by atoms with Crippen LogP contribution < -0.4 is 4.90 Å². The van der Waals surface area contributed by atoms with Crippen LogP contribution in [0.3, 0.4) is 0 Å². The van der Waals surface area contributed by atoms with Gasteiger partial charge in [0, 0.05) is 25.2 Å². The molecule has 1 unspecified atom stereocenters. The maximum Gasteiger partial charge on any atom is 0.265 e. The quantitative estimate of drug-likeness (QED) is 0.426. The molecule has 2 aromatic carbocycles. The van der Waals surface area contributed by atoms with Gasteiger partial charge in [0.2, 0.25) is 0 Å². The fraction of sp³-hybridized carbons (Fsp3) is 0.231. The molecule has 30 heavy (non-hydrogen) atoms. The number of hydrogen-bond donors (Lipinski definition) is 0. The molecule has 0 amide bonds. The first-order valence-electron chi connectivity index (χ1n) is 10.2. The number of ether oxygens (including phenoxy) is 1. The van der Waals surface area contributed by atoms with Crippen molar-refractivity contribution >= 4 is 11.8 Å². The van der Waals surface area contributed by atoms with Crippen molar-refractivity contribution in [1.82, 2.24) is 0 Å². The predicted molar refractivity (Wildman–Crippen MR) is 121 cm³/mol. The molecule has 3 rings (SSSR count). The fourth-order valence-corrected chi connectivity index (χ4v) is 3.51. The maximum absolute atomic E-state index is 9.33. The predicted octanol–water partition coefficient (Wildman–Crippen LogP) is 6.29. The van der Waals surface area contributed by atoms with Crippen LogP contribution in [0.2, 0.25) is 0 Å². The lowest BCUT2D eigenvalue weighted by atomic mass is 9.97. The molecule has 0 fully saturated rings. The van der Waals surface area contributed by atoms with Crippen LogP contribution in [0.1, 0.15) is 37.5 Å². The Morgan fingerprint density at radius 1 is 1.13 bits per heavy atom. The molecule has 1 aliphatic heterocycles. The second-order valence-electron chi connectivity index (χ2n) is 6.96. The minimum absolute atomic E-state index is 0.119. The van der Waals surface area contributed by atoms with E-state index >= 15 is 0 Å². The summed E-state index contributed by atoms with van der Waals surface area (Å²) < 4.78 is 6.18. The lowest BCUT2D eigenvalue weighted by Crippen LogP contribution is -2.21. The van der Waals surface area contributed by atoms with Crippen LogP contribution in [-0.2, 0) is 4.74 Å². The van der Waals surface area contributed by atoms with Gasteiger partial charge < -0.3 is 9.64 Å². The molecule has 2 aromatic rings. The van der Waals surface area contributed by atoms with Gasteiger partial charge in [-0.3, -0.25) is 0 Å². The van der Waals surface area contributed by atoms with Crippen LogP contribution in [0.5, 0.6) is 0 Å². The van der Waals surface area contributed by atoms with Crippen molar-refractivity contribution in [1.29, 1.82) is 5.26 Å². The number of anilines is 1. The highest BCUT2D eigenvalue weighted by molar-refractivity contribution is 5.58. The molecule has 1 heterocycles. The molecule has 0 bridgehead atoms. The lowest BCUT2D eigenvalue weighted by molar-refractivity contribution is 0.118. The van der Waals surface area contributed by atoms with Crippen LogP contribution in [0, 0.1) is 17.9 Å². The molecule has 0 aliphatic carbocycles. The van der Waals surface area contributed by atoms with Crippen molar-refractivity contribution in [3.8, 4) is 6.07 Å². The molecule has 1 aliphatic rings. The molecule has 0 saturated heterocycles. The molecular weight excluding hydrogens is 370 g/mol. The van der Waals surface area contributed by atoms with Gasteiger partial charge in [0.25, 0.3) is 5.70 Å². The van der Waals surface area contributed by atoms with Gasteiger partial charge in [0.15, 0.2) is 0 Å². The molecule has 1 atom stereocenters. The zero-order valence-corrected chi connectivity index (χ0v) is 17.4. The van der Waals surface area contributed by atoms with E-state index in [4.69, 9.17) is 11.3 Å². The van der Waals surface area contributed by atoms with Crippen LogP contribution in [0.25, 0.3) is 10.9 Å². The largest absolute Gasteiger partial charge is 0.485 e.